The van der Waals surface area contributed by atoms with Crippen molar-refractivity contribution >= 4 is 23.3 Å². The van der Waals surface area contributed by atoms with Crippen LogP contribution in [0.15, 0.2) is 54.6 Å². The average Bonchev–Trinajstić information content (AvgIpc) is 2.56. The van der Waals surface area contributed by atoms with Crippen LogP contribution in [0.2, 0.25) is 0 Å². The van der Waals surface area contributed by atoms with Gasteiger partial charge in [-0.15, -0.1) is 0 Å². The lowest BCUT2D eigenvalue weighted by atomic mass is 10.1. The van der Waals surface area contributed by atoms with Crippen molar-refractivity contribution in [3.63, 3.8) is 0 Å². The maximum atomic E-state index is 12.4. The summed E-state index contributed by atoms with van der Waals surface area (Å²) in [6, 6.07) is 16.6. The van der Waals surface area contributed by atoms with Gasteiger partial charge >= 0.3 is 5.97 Å². The van der Waals surface area contributed by atoms with Crippen molar-refractivity contribution in [3.05, 3.63) is 60.2 Å². The number of hydrogen-bond acceptors (Lipinski definition) is 4. The van der Waals surface area contributed by atoms with E-state index in [9.17, 15) is 9.59 Å². The molecule has 2 aromatic carbocycles. The minimum atomic E-state index is -0.353. The molecule has 0 aromatic heterocycles. The molecule has 1 atom stereocenters. The zero-order chi connectivity index (χ0) is 16.7. The molecule has 0 aliphatic carbocycles. The van der Waals surface area contributed by atoms with Crippen LogP contribution >= 0.6 is 0 Å². The topological polar surface area (TPSA) is 67.4 Å². The summed E-state index contributed by atoms with van der Waals surface area (Å²) >= 11 is 0. The molecular weight excluding hydrogens is 292 g/mol. The molecule has 0 fully saturated rings. The van der Waals surface area contributed by atoms with Crippen molar-refractivity contribution in [2.45, 2.75) is 19.4 Å². The molecule has 1 amide bonds. The fourth-order valence-corrected chi connectivity index (χ4v) is 2.15. The number of hydrogen-bond donors (Lipinski definition) is 2. The summed E-state index contributed by atoms with van der Waals surface area (Å²) in [6.45, 7) is 1.77. The monoisotopic (exact) mass is 312 g/mol. The molecule has 1 unspecified atom stereocenters. The second-order valence-corrected chi connectivity index (χ2v) is 5.19. The van der Waals surface area contributed by atoms with E-state index >= 15 is 0 Å². The predicted molar refractivity (Wildman–Crippen MR) is 89.7 cm³/mol. The summed E-state index contributed by atoms with van der Waals surface area (Å²) in [5, 5.41) is 6.03. The average molecular weight is 312 g/mol. The van der Waals surface area contributed by atoms with Crippen molar-refractivity contribution < 1.29 is 14.3 Å². The van der Waals surface area contributed by atoms with Crippen LogP contribution in [0.1, 0.15) is 23.7 Å². The van der Waals surface area contributed by atoms with E-state index in [1.54, 1.807) is 19.1 Å². The van der Waals surface area contributed by atoms with Gasteiger partial charge in [0.2, 0.25) is 0 Å². The number of para-hydroxylation sites is 2. The first-order valence-electron chi connectivity index (χ1n) is 7.39. The minimum Gasteiger partial charge on any atom is -0.469 e. The lowest BCUT2D eigenvalue weighted by Gasteiger charge is -2.15. The summed E-state index contributed by atoms with van der Waals surface area (Å²) in [5.41, 5.74) is 2.13. The third-order valence-corrected chi connectivity index (χ3v) is 3.30. The van der Waals surface area contributed by atoms with Crippen molar-refractivity contribution in [2.75, 3.05) is 12.4 Å². The number of esters is 1. The van der Waals surface area contributed by atoms with E-state index in [0.717, 1.165) is 5.69 Å². The Morgan fingerprint density at radius 2 is 1.70 bits per heavy atom. The number of nitrogens with one attached hydrogen (secondary N) is 2. The first-order chi connectivity index (χ1) is 11.1. The molecule has 0 bridgehead atoms. The van der Waals surface area contributed by atoms with E-state index < -0.39 is 0 Å². The Hall–Kier alpha value is -2.82. The lowest BCUT2D eigenvalue weighted by molar-refractivity contribution is -0.141. The molecule has 0 spiro atoms. The fraction of sp³-hybridized carbons (Fsp3) is 0.222. The largest absolute Gasteiger partial charge is 0.469 e. The van der Waals surface area contributed by atoms with Gasteiger partial charge in [0, 0.05) is 11.7 Å². The van der Waals surface area contributed by atoms with Gasteiger partial charge in [-0.05, 0) is 31.2 Å². The van der Waals surface area contributed by atoms with E-state index in [4.69, 9.17) is 0 Å². The number of amides is 1. The molecule has 0 aliphatic rings. The third-order valence-electron chi connectivity index (χ3n) is 3.30. The fourth-order valence-electron chi connectivity index (χ4n) is 2.15. The van der Waals surface area contributed by atoms with Gasteiger partial charge in [0.15, 0.2) is 0 Å². The van der Waals surface area contributed by atoms with Gasteiger partial charge in [-0.2, -0.15) is 0 Å². The Morgan fingerprint density at radius 1 is 1.04 bits per heavy atom. The molecule has 23 heavy (non-hydrogen) atoms. The van der Waals surface area contributed by atoms with E-state index in [1.165, 1.54) is 7.11 Å². The van der Waals surface area contributed by atoms with E-state index in [2.05, 4.69) is 15.4 Å². The second kappa shape index (κ2) is 7.98. The number of methoxy groups -OCH3 is 1. The maximum Gasteiger partial charge on any atom is 0.307 e. The molecule has 2 rings (SSSR count). The summed E-state index contributed by atoms with van der Waals surface area (Å²) < 4.78 is 4.61. The summed E-state index contributed by atoms with van der Waals surface area (Å²) in [4.78, 5) is 23.7. The van der Waals surface area contributed by atoms with Crippen LogP contribution in [-0.4, -0.2) is 25.0 Å². The maximum absolute atomic E-state index is 12.4. The van der Waals surface area contributed by atoms with E-state index in [0.29, 0.717) is 11.3 Å². The quantitative estimate of drug-likeness (QED) is 0.804. The van der Waals surface area contributed by atoms with Crippen molar-refractivity contribution in [2.24, 2.45) is 0 Å². The van der Waals surface area contributed by atoms with E-state index in [1.807, 2.05) is 42.5 Å². The smallest absolute Gasteiger partial charge is 0.307 e. The van der Waals surface area contributed by atoms with Crippen molar-refractivity contribution in [1.29, 1.82) is 0 Å². The Kier molecular flexibility index (Phi) is 5.74. The molecular formula is C18H20N2O3. The molecule has 5 heteroatoms. The Bertz CT molecular complexity index is 671. The molecule has 120 valence electrons. The van der Waals surface area contributed by atoms with Crippen LogP contribution < -0.4 is 10.6 Å². The highest BCUT2D eigenvalue weighted by Crippen LogP contribution is 2.20. The minimum absolute atomic E-state index is 0.135. The SMILES string of the molecule is COC(=O)CC(C)NC(=O)c1ccccc1Nc1ccccc1. The second-order valence-electron chi connectivity index (χ2n) is 5.19. The van der Waals surface area contributed by atoms with Gasteiger partial charge in [-0.25, -0.2) is 0 Å². The Labute approximate surface area is 135 Å². The Morgan fingerprint density at radius 3 is 2.39 bits per heavy atom. The molecule has 0 saturated carbocycles. The number of anilines is 2. The summed E-state index contributed by atoms with van der Waals surface area (Å²) in [7, 11) is 1.33. The molecule has 0 radical (unpaired) electrons. The van der Waals surface area contributed by atoms with Crippen LogP contribution in [0.4, 0.5) is 11.4 Å². The number of carbonyl (C=O) groups excluding carboxylic acids is 2. The van der Waals surface area contributed by atoms with Crippen LogP contribution in [0.3, 0.4) is 0 Å². The molecule has 5 nitrogen and oxygen atoms in total. The van der Waals surface area contributed by atoms with Crippen molar-refractivity contribution in [1.82, 2.24) is 5.32 Å². The zero-order valence-corrected chi connectivity index (χ0v) is 13.2. The van der Waals surface area contributed by atoms with Crippen LogP contribution in [0.25, 0.3) is 0 Å². The molecule has 2 N–H and O–H groups in total. The number of benzene rings is 2. The van der Waals surface area contributed by atoms with Gasteiger partial charge < -0.3 is 15.4 Å². The predicted octanol–water partition coefficient (Wildman–Crippen LogP) is 3.11. The van der Waals surface area contributed by atoms with Crippen molar-refractivity contribution in [3.8, 4) is 0 Å². The highest BCUT2D eigenvalue weighted by Gasteiger charge is 2.16. The van der Waals surface area contributed by atoms with Gasteiger partial charge in [0.25, 0.3) is 5.91 Å². The molecule has 0 saturated heterocycles. The molecule has 2 aromatic rings. The highest BCUT2D eigenvalue weighted by atomic mass is 16.5. The summed E-state index contributed by atoms with van der Waals surface area (Å²) in [5.74, 6) is -0.589. The van der Waals surface area contributed by atoms with Gasteiger partial charge in [0.05, 0.1) is 24.8 Å². The molecule has 0 aliphatic heterocycles. The number of rotatable bonds is 6. The van der Waals surface area contributed by atoms with Crippen LogP contribution in [0, 0.1) is 0 Å². The highest BCUT2D eigenvalue weighted by molar-refractivity contribution is 6.00. The van der Waals surface area contributed by atoms with Crippen LogP contribution in [-0.2, 0) is 9.53 Å². The Balaban J connectivity index is 2.10. The zero-order valence-electron chi connectivity index (χ0n) is 13.2. The standard InChI is InChI=1S/C18H20N2O3/c1-13(12-17(21)23-2)19-18(22)15-10-6-7-11-16(15)20-14-8-4-3-5-9-14/h3-11,13,20H,12H2,1-2H3,(H,19,22). The molecule has 0 heterocycles. The van der Waals surface area contributed by atoms with Gasteiger partial charge in [0.1, 0.15) is 0 Å². The normalized spacial score (nSPS) is 11.4. The first-order valence-corrected chi connectivity index (χ1v) is 7.39. The number of carbonyl (C=O) groups is 2. The van der Waals surface area contributed by atoms with Crippen LogP contribution in [0.5, 0.6) is 0 Å². The van der Waals surface area contributed by atoms with Gasteiger partial charge in [-0.1, -0.05) is 30.3 Å². The number of ether oxygens (including phenoxy) is 1. The van der Waals surface area contributed by atoms with Gasteiger partial charge in [-0.3, -0.25) is 9.59 Å². The third kappa shape index (κ3) is 4.85. The lowest BCUT2D eigenvalue weighted by Crippen LogP contribution is -2.34. The first kappa shape index (κ1) is 16.5. The van der Waals surface area contributed by atoms with E-state index in [-0.39, 0.29) is 24.3 Å². The summed E-state index contributed by atoms with van der Waals surface area (Å²) in [6.07, 6.45) is 0.135.